The first kappa shape index (κ1) is 14.4. The number of hydrogen-bond donors (Lipinski definition) is 0. The van der Waals surface area contributed by atoms with E-state index in [1.807, 2.05) is 0 Å². The summed E-state index contributed by atoms with van der Waals surface area (Å²) in [5.41, 5.74) is 0.827. The van der Waals surface area contributed by atoms with Crippen molar-refractivity contribution in [3.63, 3.8) is 0 Å². The molecule has 21 heavy (non-hydrogen) atoms. The molecule has 0 aliphatic heterocycles. The molecule has 1 aromatic heterocycles. The normalized spacial score (nSPS) is 10.2. The summed E-state index contributed by atoms with van der Waals surface area (Å²) in [6, 6.07) is 5.65. The van der Waals surface area contributed by atoms with Crippen molar-refractivity contribution in [1.82, 2.24) is 4.98 Å². The molecule has 0 atom stereocenters. The van der Waals surface area contributed by atoms with E-state index < -0.39 is 9.85 Å². The molecule has 0 aliphatic rings. The summed E-state index contributed by atoms with van der Waals surface area (Å²) < 4.78 is 5.50. The lowest BCUT2D eigenvalue weighted by molar-refractivity contribution is -0.385. The number of aromatic nitrogens is 1. The van der Waals surface area contributed by atoms with Crippen molar-refractivity contribution in [2.24, 2.45) is 0 Å². The van der Waals surface area contributed by atoms with Crippen molar-refractivity contribution in [3.05, 3.63) is 61.8 Å². The highest BCUT2D eigenvalue weighted by atomic mass is 16.6. The fourth-order valence-electron chi connectivity index (χ4n) is 1.76. The van der Waals surface area contributed by atoms with Gasteiger partial charge in [0.1, 0.15) is 11.9 Å². The van der Waals surface area contributed by atoms with Crippen molar-refractivity contribution < 1.29 is 14.6 Å². The third kappa shape index (κ3) is 3.11. The molecule has 0 N–H and O–H groups in total. The Balaban J connectivity index is 2.28. The fraction of sp³-hybridized carbons (Fsp3) is 0.154. The Labute approximate surface area is 119 Å². The average Bonchev–Trinajstić information content (AvgIpc) is 2.40. The van der Waals surface area contributed by atoms with Crippen LogP contribution in [0.2, 0.25) is 0 Å². The van der Waals surface area contributed by atoms with E-state index in [2.05, 4.69) is 4.98 Å². The van der Waals surface area contributed by atoms with Crippen LogP contribution in [-0.2, 0) is 0 Å². The van der Waals surface area contributed by atoms with Crippen LogP contribution in [0, 0.1) is 34.1 Å². The minimum Gasteiger partial charge on any atom is -0.439 e. The van der Waals surface area contributed by atoms with Gasteiger partial charge in [-0.2, -0.15) is 0 Å². The van der Waals surface area contributed by atoms with E-state index in [1.54, 1.807) is 13.8 Å². The molecule has 0 amide bonds. The smallest absolute Gasteiger partial charge is 0.288 e. The van der Waals surface area contributed by atoms with Gasteiger partial charge in [0.2, 0.25) is 5.88 Å². The summed E-state index contributed by atoms with van der Waals surface area (Å²) in [5.74, 6) is 0.594. The molecule has 0 spiro atoms. The number of benzene rings is 1. The third-order valence-corrected chi connectivity index (χ3v) is 2.81. The standard InChI is InChI=1S/C13H11N3O5/c1-8-6-11(3-4-12(8)16(19)20)21-13-9(2)5-10(7-14-13)15(17)18/h3-7H,1-2H3. The van der Waals surface area contributed by atoms with Gasteiger partial charge in [0, 0.05) is 23.3 Å². The molecule has 0 bridgehead atoms. The second-order valence-corrected chi connectivity index (χ2v) is 4.38. The molecule has 0 saturated carbocycles. The van der Waals surface area contributed by atoms with Gasteiger partial charge in [0.05, 0.1) is 9.85 Å². The van der Waals surface area contributed by atoms with Crippen molar-refractivity contribution in [3.8, 4) is 11.6 Å². The summed E-state index contributed by atoms with van der Waals surface area (Å²) >= 11 is 0. The predicted molar refractivity (Wildman–Crippen MR) is 73.5 cm³/mol. The maximum Gasteiger partial charge on any atom is 0.288 e. The van der Waals surface area contributed by atoms with Crippen LogP contribution < -0.4 is 4.74 Å². The minimum absolute atomic E-state index is 0.00395. The van der Waals surface area contributed by atoms with Crippen molar-refractivity contribution >= 4 is 11.4 Å². The molecule has 0 aliphatic carbocycles. The van der Waals surface area contributed by atoms with Gasteiger partial charge in [0.25, 0.3) is 11.4 Å². The Hall–Kier alpha value is -3.03. The Morgan fingerprint density at radius 1 is 1.05 bits per heavy atom. The van der Waals surface area contributed by atoms with E-state index in [4.69, 9.17) is 4.74 Å². The second kappa shape index (κ2) is 5.53. The van der Waals surface area contributed by atoms with Crippen LogP contribution in [0.3, 0.4) is 0 Å². The van der Waals surface area contributed by atoms with E-state index in [9.17, 15) is 20.2 Å². The number of ether oxygens (including phenoxy) is 1. The van der Waals surface area contributed by atoms with Crippen LogP contribution in [0.1, 0.15) is 11.1 Å². The number of pyridine rings is 1. The van der Waals surface area contributed by atoms with E-state index in [0.29, 0.717) is 16.9 Å². The molecule has 8 heteroatoms. The lowest BCUT2D eigenvalue weighted by Gasteiger charge is -2.08. The molecular weight excluding hydrogens is 278 g/mol. The van der Waals surface area contributed by atoms with Gasteiger partial charge in [-0.05, 0) is 26.0 Å². The molecule has 1 aromatic carbocycles. The molecule has 0 fully saturated rings. The number of nitro groups is 2. The Morgan fingerprint density at radius 3 is 2.29 bits per heavy atom. The maximum absolute atomic E-state index is 10.7. The first-order valence-electron chi connectivity index (χ1n) is 5.92. The molecule has 2 aromatic rings. The molecule has 0 radical (unpaired) electrons. The zero-order chi connectivity index (χ0) is 15.6. The summed E-state index contributed by atoms with van der Waals surface area (Å²) in [5, 5.41) is 21.4. The van der Waals surface area contributed by atoms with Gasteiger partial charge in [-0.15, -0.1) is 0 Å². The van der Waals surface area contributed by atoms with Gasteiger partial charge in [-0.3, -0.25) is 20.2 Å². The zero-order valence-corrected chi connectivity index (χ0v) is 11.3. The number of aryl methyl sites for hydroxylation is 2. The highest BCUT2D eigenvalue weighted by molar-refractivity contribution is 5.46. The first-order chi connectivity index (χ1) is 9.88. The Bertz CT molecular complexity index is 730. The van der Waals surface area contributed by atoms with E-state index in [1.165, 1.54) is 24.3 Å². The Kier molecular flexibility index (Phi) is 3.79. The van der Waals surface area contributed by atoms with Gasteiger partial charge in [-0.1, -0.05) is 0 Å². The molecule has 8 nitrogen and oxygen atoms in total. The lowest BCUT2D eigenvalue weighted by Crippen LogP contribution is -1.96. The third-order valence-electron chi connectivity index (χ3n) is 2.81. The molecule has 1 heterocycles. The topological polar surface area (TPSA) is 108 Å². The first-order valence-corrected chi connectivity index (χ1v) is 5.92. The van der Waals surface area contributed by atoms with Crippen molar-refractivity contribution in [2.45, 2.75) is 13.8 Å². The van der Waals surface area contributed by atoms with Crippen LogP contribution in [-0.4, -0.2) is 14.8 Å². The van der Waals surface area contributed by atoms with Gasteiger partial charge >= 0.3 is 0 Å². The largest absolute Gasteiger partial charge is 0.439 e. The number of nitrogens with zero attached hydrogens (tertiary/aromatic N) is 3. The van der Waals surface area contributed by atoms with Crippen molar-refractivity contribution in [2.75, 3.05) is 0 Å². The average molecular weight is 289 g/mol. The number of hydrogen-bond acceptors (Lipinski definition) is 6. The number of nitro benzene ring substituents is 1. The van der Waals surface area contributed by atoms with Gasteiger partial charge in [0.15, 0.2) is 0 Å². The SMILES string of the molecule is Cc1cc(Oc2ncc([N+](=O)[O-])cc2C)ccc1[N+](=O)[O-]. The van der Waals surface area contributed by atoms with Crippen LogP contribution >= 0.6 is 0 Å². The van der Waals surface area contributed by atoms with Crippen LogP contribution in [0.15, 0.2) is 30.5 Å². The molecule has 108 valence electrons. The monoisotopic (exact) mass is 289 g/mol. The second-order valence-electron chi connectivity index (χ2n) is 4.38. The van der Waals surface area contributed by atoms with Gasteiger partial charge in [-0.25, -0.2) is 4.98 Å². The van der Waals surface area contributed by atoms with Crippen LogP contribution in [0.4, 0.5) is 11.4 Å². The fourth-order valence-corrected chi connectivity index (χ4v) is 1.76. The summed E-state index contributed by atoms with van der Waals surface area (Å²) in [6.07, 6.45) is 1.10. The summed E-state index contributed by atoms with van der Waals surface area (Å²) in [7, 11) is 0. The molecular formula is C13H11N3O5. The predicted octanol–water partition coefficient (Wildman–Crippen LogP) is 3.31. The maximum atomic E-state index is 10.7. The summed E-state index contributed by atoms with van der Waals surface area (Å²) in [6.45, 7) is 3.23. The quantitative estimate of drug-likeness (QED) is 0.631. The number of rotatable bonds is 4. The van der Waals surface area contributed by atoms with E-state index in [0.717, 1.165) is 6.20 Å². The van der Waals surface area contributed by atoms with E-state index >= 15 is 0 Å². The molecule has 0 unspecified atom stereocenters. The minimum atomic E-state index is -0.542. The lowest BCUT2D eigenvalue weighted by atomic mass is 10.2. The summed E-state index contributed by atoms with van der Waals surface area (Å²) in [4.78, 5) is 24.2. The zero-order valence-electron chi connectivity index (χ0n) is 11.3. The Morgan fingerprint density at radius 2 is 1.76 bits per heavy atom. The molecule has 2 rings (SSSR count). The highest BCUT2D eigenvalue weighted by Gasteiger charge is 2.14. The highest BCUT2D eigenvalue weighted by Crippen LogP contribution is 2.28. The van der Waals surface area contributed by atoms with Gasteiger partial charge < -0.3 is 4.74 Å². The van der Waals surface area contributed by atoms with Crippen molar-refractivity contribution in [1.29, 1.82) is 0 Å². The molecule has 0 saturated heterocycles. The van der Waals surface area contributed by atoms with Crippen LogP contribution in [0.5, 0.6) is 11.6 Å². The van der Waals surface area contributed by atoms with Crippen LogP contribution in [0.25, 0.3) is 0 Å². The van der Waals surface area contributed by atoms with E-state index in [-0.39, 0.29) is 17.3 Å².